The number of rotatable bonds is 8. The first-order valence-electron chi connectivity index (χ1n) is 10.3. The lowest BCUT2D eigenvalue weighted by atomic mass is 10.0. The van der Waals surface area contributed by atoms with Crippen LogP contribution in [0.1, 0.15) is 26.4 Å². The van der Waals surface area contributed by atoms with E-state index < -0.39 is 6.67 Å². The van der Waals surface area contributed by atoms with Crippen molar-refractivity contribution in [3.05, 3.63) is 65.6 Å². The molecule has 4 aromatic rings. The van der Waals surface area contributed by atoms with Gasteiger partial charge in [-0.05, 0) is 29.8 Å². The molecule has 0 unspecified atom stereocenters. The molecule has 10 heteroatoms. The third-order valence-corrected chi connectivity index (χ3v) is 5.04. The van der Waals surface area contributed by atoms with E-state index in [0.717, 1.165) is 11.1 Å². The average molecular weight is 450 g/mol. The monoisotopic (exact) mass is 450 g/mol. The van der Waals surface area contributed by atoms with Crippen molar-refractivity contribution in [2.24, 2.45) is 7.05 Å². The molecule has 0 fully saturated rings. The Labute approximate surface area is 189 Å². The molecule has 0 aliphatic rings. The van der Waals surface area contributed by atoms with Crippen LogP contribution in [0.25, 0.3) is 17.0 Å². The topological polar surface area (TPSA) is 94.6 Å². The van der Waals surface area contributed by atoms with Crippen LogP contribution in [0.15, 0.2) is 48.8 Å². The third-order valence-electron chi connectivity index (χ3n) is 5.04. The van der Waals surface area contributed by atoms with Crippen LogP contribution in [0, 0.1) is 0 Å². The number of Topliss-reactive ketones (excluding diaryl/α,β-unsaturated/α-hetero) is 1. The third kappa shape index (κ3) is 4.59. The van der Waals surface area contributed by atoms with Gasteiger partial charge in [-0.25, -0.2) is 13.9 Å². The minimum Gasteiger partial charge on any atom is -0.491 e. The number of nitrogens with zero attached hydrogens (tertiary/aromatic N) is 6. The Bertz CT molecular complexity index is 1330. The number of ketones is 1. The molecule has 3 heterocycles. The summed E-state index contributed by atoms with van der Waals surface area (Å²) >= 11 is 0. The molecule has 170 valence electrons. The molecule has 9 nitrogen and oxygen atoms in total. The molecule has 3 aromatic heterocycles. The van der Waals surface area contributed by atoms with Gasteiger partial charge in [-0.3, -0.25) is 14.3 Å². The molecule has 33 heavy (non-hydrogen) atoms. The maximum absolute atomic E-state index is 13.0. The van der Waals surface area contributed by atoms with Gasteiger partial charge in [0.1, 0.15) is 24.7 Å². The molecule has 0 saturated heterocycles. The van der Waals surface area contributed by atoms with Gasteiger partial charge in [0.25, 0.3) is 5.91 Å². The molecule has 0 spiro atoms. The summed E-state index contributed by atoms with van der Waals surface area (Å²) < 4.78 is 20.7. The van der Waals surface area contributed by atoms with Gasteiger partial charge in [0.05, 0.1) is 11.8 Å². The van der Waals surface area contributed by atoms with Gasteiger partial charge in [-0.15, -0.1) is 5.10 Å². The number of benzene rings is 1. The summed E-state index contributed by atoms with van der Waals surface area (Å²) in [6.45, 7) is -0.583. The number of aryl methyl sites for hydroxylation is 1. The maximum Gasteiger partial charge on any atom is 0.257 e. The molecule has 0 atom stereocenters. The molecule has 0 bridgehead atoms. The Balaban J connectivity index is 1.58. The lowest BCUT2D eigenvalue weighted by Crippen LogP contribution is -2.24. The lowest BCUT2D eigenvalue weighted by Gasteiger charge is -2.10. The van der Waals surface area contributed by atoms with Crippen molar-refractivity contribution in [2.45, 2.75) is 6.42 Å². The Kier molecular flexibility index (Phi) is 6.16. The van der Waals surface area contributed by atoms with E-state index in [1.165, 1.54) is 15.8 Å². The predicted octanol–water partition coefficient (Wildman–Crippen LogP) is 2.61. The van der Waals surface area contributed by atoms with E-state index in [1.54, 1.807) is 62.2 Å². The number of alkyl halides is 1. The fourth-order valence-electron chi connectivity index (χ4n) is 3.47. The van der Waals surface area contributed by atoms with E-state index in [0.29, 0.717) is 17.2 Å². The van der Waals surface area contributed by atoms with Crippen LogP contribution < -0.4 is 4.74 Å². The molecular weight excluding hydrogens is 427 g/mol. The molecule has 0 saturated carbocycles. The summed E-state index contributed by atoms with van der Waals surface area (Å²) in [5.74, 6) is 0.521. The van der Waals surface area contributed by atoms with Crippen molar-refractivity contribution in [3.8, 4) is 17.1 Å². The first kappa shape index (κ1) is 22.1. The zero-order chi connectivity index (χ0) is 23.5. The van der Waals surface area contributed by atoms with Crippen LogP contribution in [-0.4, -0.2) is 68.3 Å². The van der Waals surface area contributed by atoms with E-state index in [9.17, 15) is 14.0 Å². The highest BCUT2D eigenvalue weighted by atomic mass is 19.1. The van der Waals surface area contributed by atoms with Gasteiger partial charge >= 0.3 is 0 Å². The fourth-order valence-corrected chi connectivity index (χ4v) is 3.47. The molecule has 0 aliphatic heterocycles. The van der Waals surface area contributed by atoms with Crippen LogP contribution in [0.4, 0.5) is 4.39 Å². The highest BCUT2D eigenvalue weighted by molar-refractivity contribution is 6.07. The summed E-state index contributed by atoms with van der Waals surface area (Å²) in [5.41, 5.74) is 2.57. The second-order valence-electron chi connectivity index (χ2n) is 7.67. The van der Waals surface area contributed by atoms with Crippen molar-refractivity contribution in [2.75, 3.05) is 27.4 Å². The lowest BCUT2D eigenvalue weighted by molar-refractivity contribution is 0.0819. The summed E-state index contributed by atoms with van der Waals surface area (Å²) in [6.07, 6.45) is 3.22. The van der Waals surface area contributed by atoms with Crippen molar-refractivity contribution in [1.82, 2.24) is 29.3 Å². The molecule has 0 radical (unpaired) electrons. The summed E-state index contributed by atoms with van der Waals surface area (Å²) in [7, 11) is 4.89. The normalized spacial score (nSPS) is 11.0. The number of fused-ring (bicyclic) bond motifs is 1. The van der Waals surface area contributed by atoms with E-state index in [4.69, 9.17) is 4.74 Å². The van der Waals surface area contributed by atoms with Gasteiger partial charge in [-0.2, -0.15) is 5.10 Å². The number of hydrogen-bond acceptors (Lipinski definition) is 6. The Morgan fingerprint density at radius 1 is 1.18 bits per heavy atom. The van der Waals surface area contributed by atoms with Crippen molar-refractivity contribution >= 4 is 17.3 Å². The SMILES string of the molecule is CN(C)C(=O)c1cnn(C)c1C(=O)Cc1ccn2nc(-c3cccc(OCCF)c3)nc2c1. The van der Waals surface area contributed by atoms with E-state index in [1.807, 2.05) is 6.07 Å². The second kappa shape index (κ2) is 9.19. The van der Waals surface area contributed by atoms with E-state index in [2.05, 4.69) is 15.2 Å². The Morgan fingerprint density at radius 3 is 2.76 bits per heavy atom. The van der Waals surface area contributed by atoms with Crippen molar-refractivity contribution in [3.63, 3.8) is 0 Å². The quantitative estimate of drug-likeness (QED) is 0.383. The van der Waals surface area contributed by atoms with Gasteiger partial charge in [0.2, 0.25) is 0 Å². The Morgan fingerprint density at radius 2 is 2.00 bits per heavy atom. The number of hydrogen-bond donors (Lipinski definition) is 0. The first-order chi connectivity index (χ1) is 15.9. The number of carbonyl (C=O) groups is 2. The molecular formula is C23H23FN6O3. The zero-order valence-electron chi connectivity index (χ0n) is 18.5. The first-order valence-corrected chi connectivity index (χ1v) is 10.3. The standard InChI is InChI=1S/C23H23FN6O3/c1-28(2)23(32)18-14-25-29(3)21(18)19(31)11-15-7-9-30-20(12-15)26-22(27-30)16-5-4-6-17(13-16)33-10-8-24/h4-7,9,12-14H,8,10-11H2,1-3H3. The maximum atomic E-state index is 13.0. The number of aromatic nitrogens is 5. The largest absolute Gasteiger partial charge is 0.491 e. The smallest absolute Gasteiger partial charge is 0.257 e. The predicted molar refractivity (Wildman–Crippen MR) is 119 cm³/mol. The molecule has 0 N–H and O–H groups in total. The minimum absolute atomic E-state index is 0.0159. The van der Waals surface area contributed by atoms with Gasteiger partial charge in [0.15, 0.2) is 17.3 Å². The summed E-state index contributed by atoms with van der Waals surface area (Å²) in [6, 6.07) is 10.7. The number of pyridine rings is 1. The van der Waals surface area contributed by atoms with Gasteiger partial charge in [0, 0.05) is 39.3 Å². The van der Waals surface area contributed by atoms with Crippen LogP contribution >= 0.6 is 0 Å². The number of ether oxygens (including phenoxy) is 1. The van der Waals surface area contributed by atoms with Crippen LogP contribution in [-0.2, 0) is 13.5 Å². The summed E-state index contributed by atoms with van der Waals surface area (Å²) in [5, 5.41) is 8.56. The zero-order valence-corrected chi connectivity index (χ0v) is 18.5. The highest BCUT2D eigenvalue weighted by Gasteiger charge is 2.23. The van der Waals surface area contributed by atoms with Crippen LogP contribution in [0.3, 0.4) is 0 Å². The van der Waals surface area contributed by atoms with E-state index >= 15 is 0 Å². The second-order valence-corrected chi connectivity index (χ2v) is 7.67. The van der Waals surface area contributed by atoms with E-state index in [-0.39, 0.29) is 36.0 Å². The van der Waals surface area contributed by atoms with Crippen LogP contribution in [0.5, 0.6) is 5.75 Å². The van der Waals surface area contributed by atoms with Gasteiger partial charge < -0.3 is 9.64 Å². The minimum atomic E-state index is -0.568. The van der Waals surface area contributed by atoms with Gasteiger partial charge in [-0.1, -0.05) is 12.1 Å². The van der Waals surface area contributed by atoms with Crippen molar-refractivity contribution < 1.29 is 18.7 Å². The number of amides is 1. The highest BCUT2D eigenvalue weighted by Crippen LogP contribution is 2.22. The van der Waals surface area contributed by atoms with Crippen LogP contribution in [0.2, 0.25) is 0 Å². The summed E-state index contributed by atoms with van der Waals surface area (Å²) in [4.78, 5) is 31.4. The molecule has 1 amide bonds. The Hall–Kier alpha value is -4.08. The number of carbonyl (C=O) groups excluding carboxylic acids is 2. The molecule has 0 aliphatic carbocycles. The molecule has 4 rings (SSSR count). The average Bonchev–Trinajstić information content (AvgIpc) is 3.40. The molecule has 1 aromatic carbocycles. The number of halogens is 1. The van der Waals surface area contributed by atoms with Crippen molar-refractivity contribution in [1.29, 1.82) is 0 Å². The fraction of sp³-hybridized carbons (Fsp3) is 0.261.